The summed E-state index contributed by atoms with van der Waals surface area (Å²) in [4.78, 5) is 13.6. The van der Waals surface area contributed by atoms with Crippen molar-refractivity contribution in [2.24, 2.45) is 11.8 Å². The van der Waals surface area contributed by atoms with Gasteiger partial charge in [-0.25, -0.2) is 0 Å². The minimum Gasteiger partial charge on any atom is -0.339 e. The highest BCUT2D eigenvalue weighted by molar-refractivity contribution is 5.78. The minimum absolute atomic E-state index is 0.377. The molecule has 0 aromatic rings. The molecule has 12 heavy (non-hydrogen) atoms. The fourth-order valence-corrected chi connectivity index (χ4v) is 2.14. The van der Waals surface area contributed by atoms with Gasteiger partial charge in [0.15, 0.2) is 0 Å². The lowest BCUT2D eigenvalue weighted by Crippen LogP contribution is -2.35. The van der Waals surface area contributed by atoms with Crippen molar-refractivity contribution in [3.05, 3.63) is 0 Å². The average molecular weight is 167 g/mol. The molecule has 2 heteroatoms. The molecule has 0 bridgehead atoms. The summed E-state index contributed by atoms with van der Waals surface area (Å²) >= 11 is 0. The normalized spacial score (nSPS) is 32.7. The summed E-state index contributed by atoms with van der Waals surface area (Å²) in [7, 11) is 0. The third kappa shape index (κ3) is 1.35. The lowest BCUT2D eigenvalue weighted by molar-refractivity contribution is -0.129. The first kappa shape index (κ1) is 8.09. The summed E-state index contributed by atoms with van der Waals surface area (Å²) in [5.41, 5.74) is 0. The van der Waals surface area contributed by atoms with E-state index in [1.54, 1.807) is 0 Å². The van der Waals surface area contributed by atoms with Crippen LogP contribution in [0.4, 0.5) is 0 Å². The van der Waals surface area contributed by atoms with Gasteiger partial charge in [-0.05, 0) is 31.6 Å². The molecule has 2 atom stereocenters. The van der Waals surface area contributed by atoms with Gasteiger partial charge in [0.2, 0.25) is 5.91 Å². The lowest BCUT2D eigenvalue weighted by Gasteiger charge is -2.24. The molecule has 2 rings (SSSR count). The predicted octanol–water partition coefficient (Wildman–Crippen LogP) is 1.65. The average Bonchev–Trinajstić information content (AvgIpc) is 2.77. The van der Waals surface area contributed by atoms with Crippen molar-refractivity contribution in [3.8, 4) is 0 Å². The molecule has 1 aliphatic carbocycles. The van der Waals surface area contributed by atoms with Gasteiger partial charge in [-0.2, -0.15) is 0 Å². The highest BCUT2D eigenvalue weighted by atomic mass is 16.2. The van der Waals surface area contributed by atoms with E-state index in [1.165, 1.54) is 12.8 Å². The number of hydrogen-bond donors (Lipinski definition) is 0. The van der Waals surface area contributed by atoms with Crippen LogP contribution in [0, 0.1) is 11.8 Å². The summed E-state index contributed by atoms with van der Waals surface area (Å²) in [5, 5.41) is 0. The maximum atomic E-state index is 11.5. The second kappa shape index (κ2) is 2.75. The number of carbonyl (C=O) groups is 1. The predicted molar refractivity (Wildman–Crippen MR) is 47.7 cm³/mol. The number of amides is 1. The molecule has 1 saturated heterocycles. The van der Waals surface area contributed by atoms with Crippen LogP contribution in [0.3, 0.4) is 0 Å². The van der Waals surface area contributed by atoms with Crippen molar-refractivity contribution >= 4 is 5.91 Å². The molecule has 0 radical (unpaired) electrons. The van der Waals surface area contributed by atoms with Crippen molar-refractivity contribution < 1.29 is 4.79 Å². The van der Waals surface area contributed by atoms with Gasteiger partial charge in [0.05, 0.1) is 0 Å². The van der Waals surface area contributed by atoms with Crippen molar-refractivity contribution in [3.63, 3.8) is 0 Å². The van der Waals surface area contributed by atoms with Gasteiger partial charge in [0.25, 0.3) is 0 Å². The van der Waals surface area contributed by atoms with Gasteiger partial charge in [0.1, 0.15) is 0 Å². The molecule has 1 amide bonds. The highest BCUT2D eigenvalue weighted by Gasteiger charge is 2.37. The maximum absolute atomic E-state index is 11.5. The zero-order valence-corrected chi connectivity index (χ0v) is 7.92. The van der Waals surface area contributed by atoms with Gasteiger partial charge in [-0.3, -0.25) is 4.79 Å². The molecule has 1 aliphatic heterocycles. The molecule has 2 nitrogen and oxygen atoms in total. The summed E-state index contributed by atoms with van der Waals surface area (Å²) in [6.07, 6.45) is 3.44. The van der Waals surface area contributed by atoms with Crippen molar-refractivity contribution in [2.45, 2.75) is 39.2 Å². The zero-order valence-electron chi connectivity index (χ0n) is 7.92. The molecule has 0 spiro atoms. The summed E-state index contributed by atoms with van der Waals surface area (Å²) in [6, 6.07) is 0.516. The molecule has 2 aliphatic rings. The number of likely N-dealkylation sites (tertiary alicyclic amines) is 1. The zero-order chi connectivity index (χ0) is 8.72. The molecule has 1 saturated carbocycles. The van der Waals surface area contributed by atoms with E-state index in [0.717, 1.165) is 18.9 Å². The fourth-order valence-electron chi connectivity index (χ4n) is 2.14. The maximum Gasteiger partial charge on any atom is 0.223 e. The van der Waals surface area contributed by atoms with Gasteiger partial charge >= 0.3 is 0 Å². The molecular weight excluding hydrogens is 150 g/mol. The van der Waals surface area contributed by atoms with Crippen LogP contribution in [-0.2, 0) is 4.79 Å². The summed E-state index contributed by atoms with van der Waals surface area (Å²) in [6.45, 7) is 5.36. The van der Waals surface area contributed by atoms with Crippen LogP contribution < -0.4 is 0 Å². The molecule has 1 heterocycles. The topological polar surface area (TPSA) is 20.3 Å². The van der Waals surface area contributed by atoms with Crippen LogP contribution in [0.1, 0.15) is 33.1 Å². The van der Waals surface area contributed by atoms with E-state index in [0.29, 0.717) is 17.9 Å². The number of hydrogen-bond acceptors (Lipinski definition) is 1. The van der Waals surface area contributed by atoms with E-state index < -0.39 is 0 Å². The van der Waals surface area contributed by atoms with Gasteiger partial charge in [0, 0.05) is 19.0 Å². The van der Waals surface area contributed by atoms with Crippen molar-refractivity contribution in [2.75, 3.05) is 6.54 Å². The van der Waals surface area contributed by atoms with Crippen LogP contribution in [0.2, 0.25) is 0 Å². The summed E-state index contributed by atoms with van der Waals surface area (Å²) < 4.78 is 0. The van der Waals surface area contributed by atoms with Gasteiger partial charge < -0.3 is 4.90 Å². The van der Waals surface area contributed by atoms with Crippen LogP contribution in [0.5, 0.6) is 0 Å². The Balaban J connectivity index is 1.98. The smallest absolute Gasteiger partial charge is 0.223 e. The van der Waals surface area contributed by atoms with E-state index in [9.17, 15) is 4.79 Å². The van der Waals surface area contributed by atoms with E-state index in [1.807, 2.05) is 0 Å². The molecule has 0 N–H and O–H groups in total. The molecule has 68 valence electrons. The quantitative estimate of drug-likeness (QED) is 0.612. The first-order chi connectivity index (χ1) is 5.68. The molecular formula is C10H17NO. The van der Waals surface area contributed by atoms with E-state index in [-0.39, 0.29) is 0 Å². The Labute approximate surface area is 73.9 Å². The molecule has 0 aromatic carbocycles. The lowest BCUT2D eigenvalue weighted by atomic mass is 10.1. The second-order valence-corrected chi connectivity index (χ2v) is 4.43. The standard InChI is InChI=1S/C10H17NO/c1-7-5-10(12)11(6-7)8(2)9-3-4-9/h7-9H,3-6H2,1-2H3/t7?,8-/m0/s1. The van der Waals surface area contributed by atoms with Crippen LogP contribution in [0.15, 0.2) is 0 Å². The Morgan fingerprint density at radius 2 is 2.17 bits per heavy atom. The van der Waals surface area contributed by atoms with E-state index in [4.69, 9.17) is 0 Å². The van der Waals surface area contributed by atoms with E-state index >= 15 is 0 Å². The fraction of sp³-hybridized carbons (Fsp3) is 0.900. The Morgan fingerprint density at radius 3 is 2.58 bits per heavy atom. The first-order valence-corrected chi connectivity index (χ1v) is 4.98. The number of nitrogens with zero attached hydrogens (tertiary/aromatic N) is 1. The SMILES string of the molecule is CC1CC(=O)N([C@@H](C)C2CC2)C1. The molecule has 1 unspecified atom stereocenters. The third-order valence-corrected chi connectivity index (χ3v) is 3.15. The van der Waals surface area contributed by atoms with Crippen molar-refractivity contribution in [1.82, 2.24) is 4.90 Å². The first-order valence-electron chi connectivity index (χ1n) is 4.98. The highest BCUT2D eigenvalue weighted by Crippen LogP contribution is 2.37. The third-order valence-electron chi connectivity index (χ3n) is 3.15. The molecule has 2 fully saturated rings. The minimum atomic E-state index is 0.377. The Bertz CT molecular complexity index is 198. The summed E-state index contributed by atoms with van der Waals surface area (Å²) in [5.74, 6) is 1.78. The largest absolute Gasteiger partial charge is 0.339 e. The monoisotopic (exact) mass is 167 g/mol. The van der Waals surface area contributed by atoms with E-state index in [2.05, 4.69) is 18.7 Å². The Morgan fingerprint density at radius 1 is 1.50 bits per heavy atom. The van der Waals surface area contributed by atoms with Gasteiger partial charge in [-0.15, -0.1) is 0 Å². The van der Waals surface area contributed by atoms with Gasteiger partial charge in [-0.1, -0.05) is 6.92 Å². The van der Waals surface area contributed by atoms with Crippen LogP contribution in [-0.4, -0.2) is 23.4 Å². The van der Waals surface area contributed by atoms with Crippen LogP contribution >= 0.6 is 0 Å². The van der Waals surface area contributed by atoms with Crippen molar-refractivity contribution in [1.29, 1.82) is 0 Å². The number of rotatable bonds is 2. The Kier molecular flexibility index (Phi) is 1.85. The Hall–Kier alpha value is -0.530. The number of carbonyl (C=O) groups excluding carboxylic acids is 1. The second-order valence-electron chi connectivity index (χ2n) is 4.43. The molecule has 0 aromatic heterocycles. The van der Waals surface area contributed by atoms with Crippen LogP contribution in [0.25, 0.3) is 0 Å².